The minimum Gasteiger partial charge on any atom is -0.512 e. The van der Waals surface area contributed by atoms with E-state index in [4.69, 9.17) is 15.3 Å². The molecule has 16 heteroatoms. The number of aromatic nitrogens is 5. The Kier molecular flexibility index (Phi) is 49.1. The van der Waals surface area contributed by atoms with Crippen molar-refractivity contribution in [1.82, 2.24) is 24.9 Å². The SMILES string of the molecule is CC(=O)C=C(C)O.CC(=O)C=C(C)O.CC(=O)C=C(C)O.Cc1c[c-]c(-c2cc(-c3ccc(C)cc3)ccn2)cc1.Cc1c[c-]c(-c2cc(-c3ccc(C)cc3)ccn2)cc1.Cc1c[c-]c(-c2cc(-c3ccccc3)ccn2)cc1C.Cc1cc(C)cc(-c2ccnc(-c3[c-]cccc3)c2)c1.Cc1ccc(-c2ccnc(-c3[c-]cccc3)c2)cc1C.[Ir].[Ir].[Ir].[Ir].[Ir]. The molecule has 3 N–H and O–H groups in total. The molecule has 15 aromatic rings. The fourth-order valence-corrected chi connectivity index (χ4v) is 12.1. The molecule has 5 radical (unpaired) electrons. The number of aryl methyl sites for hydroxylation is 10. The summed E-state index contributed by atoms with van der Waals surface area (Å²) in [5.41, 5.74) is 34.7. The quantitative estimate of drug-likeness (QED) is 0.0569. The number of nitrogens with zero attached hydrogens (tertiary/aromatic N) is 5. The van der Waals surface area contributed by atoms with Gasteiger partial charge in [-0.1, -0.05) is 196 Å². The summed E-state index contributed by atoms with van der Waals surface area (Å²) in [6, 6.07) is 110. The predicted molar refractivity (Wildman–Crippen MR) is 498 cm³/mol. The van der Waals surface area contributed by atoms with Crippen molar-refractivity contribution in [3.05, 3.63) is 425 Å². The number of allylic oxidation sites excluding steroid dienone is 6. The van der Waals surface area contributed by atoms with Gasteiger partial charge in [-0.3, -0.25) is 14.4 Å². The van der Waals surface area contributed by atoms with Crippen LogP contribution in [0.4, 0.5) is 0 Å². The molecular weight excluding hydrogens is 2450 g/mol. The monoisotopic (exact) mass is 2560 g/mol. The van der Waals surface area contributed by atoms with Gasteiger partial charge in [0.1, 0.15) is 0 Å². The molecule has 5 aromatic heterocycles. The van der Waals surface area contributed by atoms with Crippen LogP contribution < -0.4 is 0 Å². The van der Waals surface area contributed by atoms with Crippen molar-refractivity contribution in [1.29, 1.82) is 0 Å². The van der Waals surface area contributed by atoms with Gasteiger partial charge in [0.2, 0.25) is 0 Å². The van der Waals surface area contributed by atoms with Gasteiger partial charge in [0.25, 0.3) is 0 Å². The van der Waals surface area contributed by atoms with Crippen LogP contribution in [-0.4, -0.2) is 57.6 Å². The van der Waals surface area contributed by atoms with Crippen LogP contribution in [0.3, 0.4) is 0 Å². The van der Waals surface area contributed by atoms with E-state index in [9.17, 15) is 14.4 Å². The van der Waals surface area contributed by atoms with Crippen LogP contribution in [-0.2, 0) is 115 Å². The second-order valence-corrected chi connectivity index (χ2v) is 29.4. The minimum absolute atomic E-state index is 0. The van der Waals surface area contributed by atoms with E-state index in [0.29, 0.717) is 0 Å². The Bertz CT molecular complexity index is 5510. The summed E-state index contributed by atoms with van der Waals surface area (Å²) in [5.74, 6) is -0.187. The smallest absolute Gasteiger partial charge is 0.155 e. The van der Waals surface area contributed by atoms with E-state index in [-0.39, 0.29) is 135 Å². The third-order valence-corrected chi connectivity index (χ3v) is 18.5. The number of aliphatic hydroxyl groups is 3. The van der Waals surface area contributed by atoms with E-state index in [1.165, 1.54) is 171 Å². The van der Waals surface area contributed by atoms with Gasteiger partial charge in [-0.2, -0.15) is 0 Å². The first kappa shape index (κ1) is 109. The number of aliphatic hydroxyl groups excluding tert-OH is 3. The molecule has 0 fully saturated rings. The molecule has 0 bridgehead atoms. The van der Waals surface area contributed by atoms with Gasteiger partial charge in [-0.25, -0.2) is 0 Å². The van der Waals surface area contributed by atoms with Crippen LogP contribution in [0.15, 0.2) is 339 Å². The van der Waals surface area contributed by atoms with Crippen molar-refractivity contribution in [3.8, 4) is 112 Å². The molecule has 5 heterocycles. The molecule has 10 aromatic carbocycles. The van der Waals surface area contributed by atoms with Gasteiger partial charge < -0.3 is 40.2 Å². The zero-order chi connectivity index (χ0) is 87.3. The van der Waals surface area contributed by atoms with Crippen LogP contribution in [0.1, 0.15) is 97.2 Å². The molecule has 0 amide bonds. The standard InChI is InChI=1S/5C19H16N.3C5H8O2.5Ir/c2*1-14-3-7-16(8-4-14)18-11-12-20-19(13-18)17-9-5-15(2)6-10-17;1-14-10-15(2)12-18(11-14)17-8-9-20-19(13-17)16-6-4-3-5-7-16;1-14-8-9-18(12-15(14)2)19-13-17(10-11-20-19)16-6-4-3-5-7-16;1-14-8-9-17(12-15(14)2)18-10-11-20-19(13-18)16-6-4-3-5-7-16;3*1-4(6)3-5(2)7;;;;;/h2*3-9,11-13H,1-2H3;3-6,8-13H,1-2H3;3-8,10-13H,1-2H3;3-6,8-13H,1-2H3;3*3,6H,1-2H3;;;;;/q5*-1;;;;;;;;. The number of ketones is 3. The number of pyridine rings is 5. The predicted octanol–water partition coefficient (Wildman–Crippen LogP) is 27.3. The van der Waals surface area contributed by atoms with Crippen molar-refractivity contribution >= 4 is 17.3 Å². The Hall–Kier alpha value is -11.2. The van der Waals surface area contributed by atoms with Crippen LogP contribution >= 0.6 is 0 Å². The maximum atomic E-state index is 10.0. The molecule has 0 saturated heterocycles. The maximum Gasteiger partial charge on any atom is 0.155 e. The summed E-state index contributed by atoms with van der Waals surface area (Å²) in [4.78, 5) is 52.3. The van der Waals surface area contributed by atoms with Gasteiger partial charge in [-0.15, -0.1) is 177 Å². The van der Waals surface area contributed by atoms with Gasteiger partial charge >= 0.3 is 0 Å². The summed E-state index contributed by atoms with van der Waals surface area (Å²) in [5, 5.41) is 25.1. The number of hydrogen-bond donors (Lipinski definition) is 3. The molecule has 0 atom stereocenters. The maximum absolute atomic E-state index is 10.0. The number of benzene rings is 10. The second kappa shape index (κ2) is 56.7. The van der Waals surface area contributed by atoms with Crippen molar-refractivity contribution < 1.29 is 130 Å². The number of carbonyl (C=O) groups is 3. The number of hydrogen-bond acceptors (Lipinski definition) is 11. The van der Waals surface area contributed by atoms with Crippen LogP contribution in [0.2, 0.25) is 0 Å². The summed E-state index contributed by atoms with van der Waals surface area (Å²) >= 11 is 0. The fraction of sp³-hybridized carbons (Fsp3) is 0.145. The van der Waals surface area contributed by atoms with E-state index < -0.39 is 0 Å². The Morgan fingerprint density at radius 2 is 0.532 bits per heavy atom. The Morgan fingerprint density at radius 3 is 0.841 bits per heavy atom. The average molecular weight is 2550 g/mol. The third-order valence-electron chi connectivity index (χ3n) is 18.5. The summed E-state index contributed by atoms with van der Waals surface area (Å²) in [6.45, 7) is 29.6. The van der Waals surface area contributed by atoms with E-state index in [1.54, 1.807) is 0 Å². The van der Waals surface area contributed by atoms with E-state index in [0.717, 1.165) is 56.3 Å². The molecular formula is C110H104Ir5N5O6-5. The summed E-state index contributed by atoms with van der Waals surface area (Å²) < 4.78 is 0. The minimum atomic E-state index is -0.125. The molecule has 11 nitrogen and oxygen atoms in total. The van der Waals surface area contributed by atoms with Crippen molar-refractivity contribution in [3.63, 3.8) is 0 Å². The van der Waals surface area contributed by atoms with Crippen molar-refractivity contribution in [2.75, 3.05) is 0 Å². The largest absolute Gasteiger partial charge is 0.512 e. The van der Waals surface area contributed by atoms with Gasteiger partial charge in [0.15, 0.2) is 17.3 Å². The molecule has 655 valence electrons. The van der Waals surface area contributed by atoms with E-state index in [1.807, 2.05) is 122 Å². The van der Waals surface area contributed by atoms with Gasteiger partial charge in [0.05, 0.1) is 17.3 Å². The first-order valence-electron chi connectivity index (χ1n) is 39.7. The van der Waals surface area contributed by atoms with Crippen molar-refractivity contribution in [2.45, 2.75) is 111 Å². The van der Waals surface area contributed by atoms with Gasteiger partial charge in [0, 0.05) is 150 Å². The van der Waals surface area contributed by atoms with Crippen LogP contribution in [0.25, 0.3) is 112 Å². The Balaban J connectivity index is 0.000000380. The Morgan fingerprint density at radius 1 is 0.238 bits per heavy atom. The van der Waals surface area contributed by atoms with E-state index >= 15 is 0 Å². The molecule has 0 unspecified atom stereocenters. The normalized spacial score (nSPS) is 10.2. The molecule has 0 aliphatic rings. The summed E-state index contributed by atoms with van der Waals surface area (Å²) in [6.07, 6.45) is 12.8. The average Bonchev–Trinajstić information content (AvgIpc) is 0.607. The number of rotatable bonds is 13. The molecule has 126 heavy (non-hydrogen) atoms. The van der Waals surface area contributed by atoms with Gasteiger partial charge in [-0.05, 0) is 209 Å². The molecule has 15 rings (SSSR count). The molecule has 0 aliphatic carbocycles. The summed E-state index contributed by atoms with van der Waals surface area (Å²) in [7, 11) is 0. The van der Waals surface area contributed by atoms with E-state index in [2.05, 4.69) is 306 Å². The second-order valence-electron chi connectivity index (χ2n) is 29.4. The zero-order valence-electron chi connectivity index (χ0n) is 73.6. The first-order valence-corrected chi connectivity index (χ1v) is 39.7. The zero-order valence-corrected chi connectivity index (χ0v) is 85.5. The molecule has 0 aliphatic heterocycles. The van der Waals surface area contributed by atoms with Crippen molar-refractivity contribution in [2.24, 2.45) is 0 Å². The Labute approximate surface area is 813 Å². The third kappa shape index (κ3) is 37.9. The molecule has 0 spiro atoms. The fourth-order valence-electron chi connectivity index (χ4n) is 12.1. The topological polar surface area (TPSA) is 176 Å². The first-order chi connectivity index (χ1) is 58.0. The van der Waals surface area contributed by atoms with Crippen LogP contribution in [0, 0.1) is 99.6 Å². The van der Waals surface area contributed by atoms with Crippen LogP contribution in [0.5, 0.6) is 0 Å². The number of carbonyl (C=O) groups excluding carboxylic acids is 3. The molecule has 0 saturated carbocycles.